The highest BCUT2D eigenvalue weighted by Gasteiger charge is 2.42. The van der Waals surface area contributed by atoms with Gasteiger partial charge in [-0.05, 0) is 78.1 Å². The zero-order valence-electron chi connectivity index (χ0n) is 11.5. The maximum atomic E-state index is 12.4. The molecule has 3 rings (SSSR count). The van der Waals surface area contributed by atoms with E-state index in [1.165, 1.54) is 25.7 Å². The molecule has 0 saturated heterocycles. The Hall–Kier alpha value is -0.540. The summed E-state index contributed by atoms with van der Waals surface area (Å²) in [5.74, 6) is 2.38. The summed E-state index contributed by atoms with van der Waals surface area (Å²) in [7, 11) is 0. The number of halogens is 2. The van der Waals surface area contributed by atoms with Crippen molar-refractivity contribution in [3.63, 3.8) is 0 Å². The summed E-state index contributed by atoms with van der Waals surface area (Å²) in [5.41, 5.74) is 0.657. The number of carbonyl (C=O) groups is 1. The molecule has 0 aromatic heterocycles. The van der Waals surface area contributed by atoms with Gasteiger partial charge in [-0.15, -0.1) is 0 Å². The van der Waals surface area contributed by atoms with Crippen LogP contribution < -0.4 is 5.32 Å². The van der Waals surface area contributed by atoms with Crippen LogP contribution >= 0.6 is 27.5 Å². The highest BCUT2D eigenvalue weighted by molar-refractivity contribution is 9.10. The van der Waals surface area contributed by atoms with Gasteiger partial charge in [-0.25, -0.2) is 0 Å². The molecule has 108 valence electrons. The fourth-order valence-corrected chi connectivity index (χ4v) is 4.83. The van der Waals surface area contributed by atoms with Crippen LogP contribution in [0.1, 0.15) is 43.0 Å². The molecule has 2 aliphatic rings. The maximum absolute atomic E-state index is 12.4. The summed E-state index contributed by atoms with van der Waals surface area (Å²) in [5, 5.41) is 3.81. The normalized spacial score (nSPS) is 29.4. The quantitative estimate of drug-likeness (QED) is 0.838. The highest BCUT2D eigenvalue weighted by atomic mass is 79.9. The molecule has 4 unspecified atom stereocenters. The smallest absolute Gasteiger partial charge is 0.252 e. The summed E-state index contributed by atoms with van der Waals surface area (Å²) in [4.78, 5) is 12.4. The standard InChI is InChI=1S/C16H19BrClNO/c1-9(14-7-10-2-3-11(14)6-10)19-16(20)13-5-4-12(18)8-15(13)17/h4-5,8-11,14H,2-3,6-7H2,1H3,(H,19,20). The molecule has 4 atom stereocenters. The van der Waals surface area contributed by atoms with E-state index in [1.54, 1.807) is 18.2 Å². The number of nitrogens with one attached hydrogen (secondary N) is 1. The first-order valence-corrected chi connectivity index (χ1v) is 8.47. The van der Waals surface area contributed by atoms with Gasteiger partial charge in [0.25, 0.3) is 5.91 Å². The van der Waals surface area contributed by atoms with Gasteiger partial charge in [-0.2, -0.15) is 0 Å². The number of carbonyl (C=O) groups excluding carboxylic acids is 1. The van der Waals surface area contributed by atoms with Crippen LogP contribution in [-0.2, 0) is 0 Å². The summed E-state index contributed by atoms with van der Waals surface area (Å²) < 4.78 is 0.752. The topological polar surface area (TPSA) is 29.1 Å². The molecule has 2 bridgehead atoms. The number of fused-ring (bicyclic) bond motifs is 2. The van der Waals surface area contributed by atoms with Crippen molar-refractivity contribution in [2.75, 3.05) is 0 Å². The van der Waals surface area contributed by atoms with Crippen LogP contribution in [0.15, 0.2) is 22.7 Å². The monoisotopic (exact) mass is 355 g/mol. The van der Waals surface area contributed by atoms with Crippen LogP contribution in [0.4, 0.5) is 0 Å². The minimum atomic E-state index is -0.0104. The number of amides is 1. The molecule has 2 nitrogen and oxygen atoms in total. The van der Waals surface area contributed by atoms with E-state index in [-0.39, 0.29) is 11.9 Å². The third-order valence-corrected chi connectivity index (χ3v) is 5.86. The van der Waals surface area contributed by atoms with E-state index >= 15 is 0 Å². The molecule has 2 fully saturated rings. The number of benzene rings is 1. The second-order valence-electron chi connectivity index (χ2n) is 6.23. The third kappa shape index (κ3) is 2.75. The molecule has 0 heterocycles. The van der Waals surface area contributed by atoms with Gasteiger partial charge >= 0.3 is 0 Å². The minimum absolute atomic E-state index is 0.0104. The summed E-state index contributed by atoms with van der Waals surface area (Å²) >= 11 is 9.32. The van der Waals surface area contributed by atoms with E-state index in [0.717, 1.165) is 16.3 Å². The van der Waals surface area contributed by atoms with E-state index in [4.69, 9.17) is 11.6 Å². The predicted molar refractivity (Wildman–Crippen MR) is 85.0 cm³/mol. The van der Waals surface area contributed by atoms with Gasteiger partial charge in [0.15, 0.2) is 0 Å². The summed E-state index contributed by atoms with van der Waals surface area (Å²) in [6.45, 7) is 2.15. The molecule has 1 amide bonds. The summed E-state index contributed by atoms with van der Waals surface area (Å²) in [6.07, 6.45) is 5.40. The second-order valence-corrected chi connectivity index (χ2v) is 7.52. The largest absolute Gasteiger partial charge is 0.349 e. The molecule has 1 aromatic rings. The van der Waals surface area contributed by atoms with Crippen molar-refractivity contribution in [3.8, 4) is 0 Å². The second kappa shape index (κ2) is 5.69. The van der Waals surface area contributed by atoms with E-state index < -0.39 is 0 Å². The number of hydrogen-bond donors (Lipinski definition) is 1. The van der Waals surface area contributed by atoms with Crippen LogP contribution in [0, 0.1) is 17.8 Å². The summed E-state index contributed by atoms with van der Waals surface area (Å²) in [6, 6.07) is 5.54. The average Bonchev–Trinajstić information content (AvgIpc) is 3.00. The fraction of sp³-hybridized carbons (Fsp3) is 0.562. The fourth-order valence-electron chi connectivity index (χ4n) is 3.97. The van der Waals surface area contributed by atoms with Crippen molar-refractivity contribution >= 4 is 33.4 Å². The molecule has 4 heteroatoms. The van der Waals surface area contributed by atoms with E-state index in [9.17, 15) is 4.79 Å². The molecule has 0 radical (unpaired) electrons. The maximum Gasteiger partial charge on any atom is 0.252 e. The minimum Gasteiger partial charge on any atom is -0.349 e. The zero-order valence-corrected chi connectivity index (χ0v) is 13.9. The SMILES string of the molecule is CC(NC(=O)c1ccc(Cl)cc1Br)C1CC2CCC1C2. The van der Waals surface area contributed by atoms with Gasteiger partial charge in [-0.3, -0.25) is 4.79 Å². The molecule has 1 aromatic carbocycles. The average molecular weight is 357 g/mol. The van der Waals surface area contributed by atoms with Gasteiger partial charge in [-0.1, -0.05) is 18.0 Å². The Morgan fingerprint density at radius 3 is 2.80 bits per heavy atom. The van der Waals surface area contributed by atoms with Crippen LogP contribution in [0.3, 0.4) is 0 Å². The first-order valence-electron chi connectivity index (χ1n) is 7.30. The zero-order chi connectivity index (χ0) is 14.3. The molecule has 0 aliphatic heterocycles. The van der Waals surface area contributed by atoms with Crippen molar-refractivity contribution < 1.29 is 4.79 Å². The van der Waals surface area contributed by atoms with E-state index in [2.05, 4.69) is 28.2 Å². The molecular formula is C16H19BrClNO. The van der Waals surface area contributed by atoms with Gasteiger partial charge in [0, 0.05) is 15.5 Å². The molecule has 1 N–H and O–H groups in total. The first kappa shape index (κ1) is 14.4. The Kier molecular flexibility index (Phi) is 4.09. The highest BCUT2D eigenvalue weighted by Crippen LogP contribution is 2.49. The van der Waals surface area contributed by atoms with E-state index in [0.29, 0.717) is 16.5 Å². The van der Waals surface area contributed by atoms with Crippen molar-refractivity contribution in [1.29, 1.82) is 0 Å². The van der Waals surface area contributed by atoms with Crippen molar-refractivity contribution in [3.05, 3.63) is 33.3 Å². The Morgan fingerprint density at radius 2 is 2.20 bits per heavy atom. The lowest BCUT2D eigenvalue weighted by molar-refractivity contribution is 0.0914. The first-order chi connectivity index (χ1) is 9.54. The van der Waals surface area contributed by atoms with E-state index in [1.807, 2.05) is 0 Å². The molecule has 20 heavy (non-hydrogen) atoms. The van der Waals surface area contributed by atoms with Crippen LogP contribution in [0.25, 0.3) is 0 Å². The van der Waals surface area contributed by atoms with Crippen LogP contribution in [0.5, 0.6) is 0 Å². The Labute approximate surface area is 133 Å². The number of hydrogen-bond acceptors (Lipinski definition) is 1. The van der Waals surface area contributed by atoms with Crippen molar-refractivity contribution in [2.45, 2.75) is 38.6 Å². The third-order valence-electron chi connectivity index (χ3n) is 4.97. The lowest BCUT2D eigenvalue weighted by Gasteiger charge is -2.28. The van der Waals surface area contributed by atoms with Crippen molar-refractivity contribution in [2.24, 2.45) is 17.8 Å². The van der Waals surface area contributed by atoms with Gasteiger partial charge in [0.2, 0.25) is 0 Å². The van der Waals surface area contributed by atoms with Gasteiger partial charge in [0.05, 0.1) is 5.56 Å². The molecule has 0 spiro atoms. The molecule has 2 aliphatic carbocycles. The predicted octanol–water partition coefficient (Wildman–Crippen LogP) is 4.66. The van der Waals surface area contributed by atoms with Crippen molar-refractivity contribution in [1.82, 2.24) is 5.32 Å². The van der Waals surface area contributed by atoms with Gasteiger partial charge in [0.1, 0.15) is 0 Å². The molecule has 2 saturated carbocycles. The number of rotatable bonds is 3. The lowest BCUT2D eigenvalue weighted by atomic mass is 9.84. The Balaban J connectivity index is 1.66. The van der Waals surface area contributed by atoms with Crippen LogP contribution in [-0.4, -0.2) is 11.9 Å². The lowest BCUT2D eigenvalue weighted by Crippen LogP contribution is -2.40. The van der Waals surface area contributed by atoms with Crippen LogP contribution in [0.2, 0.25) is 5.02 Å². The Bertz CT molecular complexity index is 533. The molecular weight excluding hydrogens is 338 g/mol. The Morgan fingerprint density at radius 1 is 1.40 bits per heavy atom. The van der Waals surface area contributed by atoms with Gasteiger partial charge < -0.3 is 5.32 Å².